The van der Waals surface area contributed by atoms with Gasteiger partial charge in [0.25, 0.3) is 0 Å². The highest BCUT2D eigenvalue weighted by Gasteiger charge is 2.15. The molecule has 0 spiro atoms. The molecule has 0 aliphatic carbocycles. The summed E-state index contributed by atoms with van der Waals surface area (Å²) in [5, 5.41) is 0. The number of hydrogen-bond acceptors (Lipinski definition) is 3. The number of imidazole rings is 3. The second-order valence-electron chi connectivity index (χ2n) is 6.10. The van der Waals surface area contributed by atoms with Crippen molar-refractivity contribution in [2.24, 2.45) is 0 Å². The molecule has 3 aromatic rings. The summed E-state index contributed by atoms with van der Waals surface area (Å²) in [5.74, 6) is 2.85. The average molecular weight is 312 g/mol. The Bertz CT molecular complexity index is 820. The summed E-state index contributed by atoms with van der Waals surface area (Å²) in [6.07, 6.45) is 2.47. The fraction of sp³-hybridized carbons (Fsp3) is 0.471. The van der Waals surface area contributed by atoms with Crippen LogP contribution in [0.3, 0.4) is 0 Å². The maximum Gasteiger partial charge on any atom is 0.103 e. The Kier molecular flexibility index (Phi) is 4.07. The largest absolute Gasteiger partial charge is 0.346 e. The zero-order valence-corrected chi connectivity index (χ0v) is 14.5. The highest BCUT2D eigenvalue weighted by Crippen LogP contribution is 2.18. The minimum absolute atomic E-state index is 0.741. The van der Waals surface area contributed by atoms with Gasteiger partial charge in [-0.25, -0.2) is 15.0 Å². The van der Waals surface area contributed by atoms with Crippen LogP contribution in [0.5, 0.6) is 0 Å². The first-order valence-corrected chi connectivity index (χ1v) is 8.07. The molecule has 3 rings (SSSR count). The lowest BCUT2D eigenvalue weighted by Gasteiger charge is -2.03. The molecule has 23 heavy (non-hydrogen) atoms. The number of H-pyrrole nitrogens is 3. The van der Waals surface area contributed by atoms with Gasteiger partial charge in [0, 0.05) is 29.9 Å². The Balaban J connectivity index is 1.90. The topological polar surface area (TPSA) is 86.0 Å². The smallest absolute Gasteiger partial charge is 0.103 e. The minimum atomic E-state index is 0.741. The van der Waals surface area contributed by atoms with Gasteiger partial charge in [-0.05, 0) is 34.1 Å². The van der Waals surface area contributed by atoms with E-state index in [2.05, 4.69) is 43.8 Å². The van der Waals surface area contributed by atoms with Crippen molar-refractivity contribution in [3.8, 4) is 0 Å². The molecular formula is C17H24N6. The monoisotopic (exact) mass is 312 g/mol. The Hall–Kier alpha value is -2.37. The Labute approximate surface area is 136 Å². The van der Waals surface area contributed by atoms with Gasteiger partial charge in [-0.3, -0.25) is 0 Å². The summed E-state index contributed by atoms with van der Waals surface area (Å²) in [5.41, 5.74) is 6.68. The van der Waals surface area contributed by atoms with Crippen molar-refractivity contribution in [3.05, 3.63) is 51.6 Å². The van der Waals surface area contributed by atoms with Crippen LogP contribution in [0.1, 0.15) is 58.6 Å². The summed E-state index contributed by atoms with van der Waals surface area (Å²) in [4.78, 5) is 23.8. The Morgan fingerprint density at radius 1 is 0.652 bits per heavy atom. The summed E-state index contributed by atoms with van der Waals surface area (Å²) in [7, 11) is 0. The second kappa shape index (κ2) is 6.02. The molecule has 3 N–H and O–H groups in total. The number of aryl methyl sites for hydroxylation is 5. The molecule has 0 amide bonds. The third-order valence-electron chi connectivity index (χ3n) is 4.09. The van der Waals surface area contributed by atoms with E-state index in [0.717, 1.165) is 65.2 Å². The van der Waals surface area contributed by atoms with Crippen LogP contribution in [0, 0.1) is 27.7 Å². The van der Waals surface area contributed by atoms with E-state index in [1.165, 1.54) is 5.69 Å². The Morgan fingerprint density at radius 2 is 1.17 bits per heavy atom. The summed E-state index contributed by atoms with van der Waals surface area (Å²) in [6, 6.07) is 0. The number of aromatic nitrogens is 6. The molecule has 0 bridgehead atoms. The fourth-order valence-electron chi connectivity index (χ4n) is 3.07. The van der Waals surface area contributed by atoms with Crippen molar-refractivity contribution in [1.29, 1.82) is 0 Å². The van der Waals surface area contributed by atoms with Gasteiger partial charge in [0.2, 0.25) is 0 Å². The number of nitrogens with zero attached hydrogens (tertiary/aromatic N) is 3. The standard InChI is InChI=1S/C17H24N6/c1-6-13-15(21-11(4)19-13)8-17-16(22-12(5)23-17)7-14-9(2)18-10(3)20-14/h6-8H2,1-5H3,(H,18,20)(H,19,21)(H,22,23). The van der Waals surface area contributed by atoms with E-state index in [1.54, 1.807) is 0 Å². The molecule has 0 aliphatic heterocycles. The van der Waals surface area contributed by atoms with Crippen molar-refractivity contribution in [2.45, 2.75) is 53.9 Å². The van der Waals surface area contributed by atoms with Crippen LogP contribution >= 0.6 is 0 Å². The maximum absolute atomic E-state index is 4.67. The molecule has 0 atom stereocenters. The van der Waals surface area contributed by atoms with Gasteiger partial charge in [0.1, 0.15) is 17.5 Å². The number of aromatic amines is 3. The van der Waals surface area contributed by atoms with Crippen molar-refractivity contribution in [1.82, 2.24) is 29.9 Å². The molecular weight excluding hydrogens is 288 g/mol. The van der Waals surface area contributed by atoms with Crippen LogP contribution in [0.2, 0.25) is 0 Å². The summed E-state index contributed by atoms with van der Waals surface area (Å²) < 4.78 is 0. The van der Waals surface area contributed by atoms with Gasteiger partial charge in [-0.15, -0.1) is 0 Å². The number of rotatable bonds is 5. The summed E-state index contributed by atoms with van der Waals surface area (Å²) in [6.45, 7) is 10.2. The number of nitrogens with one attached hydrogen (secondary N) is 3. The molecule has 0 saturated heterocycles. The molecule has 0 aromatic carbocycles. The lowest BCUT2D eigenvalue weighted by molar-refractivity contribution is 0.945. The van der Waals surface area contributed by atoms with Gasteiger partial charge < -0.3 is 15.0 Å². The Morgan fingerprint density at radius 3 is 1.74 bits per heavy atom. The molecule has 3 heterocycles. The quantitative estimate of drug-likeness (QED) is 0.677. The van der Waals surface area contributed by atoms with E-state index in [0.29, 0.717) is 0 Å². The van der Waals surface area contributed by atoms with E-state index < -0.39 is 0 Å². The van der Waals surface area contributed by atoms with Gasteiger partial charge in [-0.2, -0.15) is 0 Å². The molecule has 0 radical (unpaired) electrons. The van der Waals surface area contributed by atoms with Crippen LogP contribution < -0.4 is 0 Å². The van der Waals surface area contributed by atoms with E-state index in [4.69, 9.17) is 0 Å². The highest BCUT2D eigenvalue weighted by molar-refractivity contribution is 5.29. The van der Waals surface area contributed by atoms with E-state index in [9.17, 15) is 0 Å². The predicted molar refractivity (Wildman–Crippen MR) is 89.7 cm³/mol. The predicted octanol–water partition coefficient (Wildman–Crippen LogP) is 2.83. The molecule has 122 valence electrons. The molecule has 0 aliphatic rings. The average Bonchev–Trinajstić information content (AvgIpc) is 3.10. The molecule has 6 heteroatoms. The zero-order chi connectivity index (χ0) is 16.6. The van der Waals surface area contributed by atoms with Crippen LogP contribution in [0.15, 0.2) is 0 Å². The van der Waals surface area contributed by atoms with Crippen molar-refractivity contribution < 1.29 is 0 Å². The molecule has 3 aromatic heterocycles. The van der Waals surface area contributed by atoms with Crippen molar-refractivity contribution in [2.75, 3.05) is 0 Å². The van der Waals surface area contributed by atoms with Crippen LogP contribution in [0.4, 0.5) is 0 Å². The first-order chi connectivity index (χ1) is 11.0. The van der Waals surface area contributed by atoms with Crippen LogP contribution in [-0.2, 0) is 19.3 Å². The first kappa shape index (κ1) is 15.5. The first-order valence-electron chi connectivity index (χ1n) is 8.07. The van der Waals surface area contributed by atoms with Gasteiger partial charge in [-0.1, -0.05) is 6.92 Å². The van der Waals surface area contributed by atoms with Crippen molar-refractivity contribution >= 4 is 0 Å². The maximum atomic E-state index is 4.67. The molecule has 6 nitrogen and oxygen atoms in total. The van der Waals surface area contributed by atoms with Gasteiger partial charge in [0.05, 0.1) is 17.1 Å². The second-order valence-corrected chi connectivity index (χ2v) is 6.10. The lowest BCUT2D eigenvalue weighted by atomic mass is 10.1. The zero-order valence-electron chi connectivity index (χ0n) is 14.5. The van der Waals surface area contributed by atoms with Crippen LogP contribution in [0.25, 0.3) is 0 Å². The number of hydrogen-bond donors (Lipinski definition) is 3. The molecule has 0 saturated carbocycles. The van der Waals surface area contributed by atoms with E-state index in [-0.39, 0.29) is 0 Å². The third-order valence-corrected chi connectivity index (χ3v) is 4.09. The van der Waals surface area contributed by atoms with Gasteiger partial charge >= 0.3 is 0 Å². The van der Waals surface area contributed by atoms with Crippen molar-refractivity contribution in [3.63, 3.8) is 0 Å². The minimum Gasteiger partial charge on any atom is -0.346 e. The molecule has 0 unspecified atom stereocenters. The lowest BCUT2D eigenvalue weighted by Crippen LogP contribution is -2.00. The van der Waals surface area contributed by atoms with E-state index in [1.807, 2.05) is 20.8 Å². The van der Waals surface area contributed by atoms with E-state index >= 15 is 0 Å². The van der Waals surface area contributed by atoms with Gasteiger partial charge in [0.15, 0.2) is 0 Å². The highest BCUT2D eigenvalue weighted by atomic mass is 15.0. The normalized spacial score (nSPS) is 11.3. The summed E-state index contributed by atoms with van der Waals surface area (Å²) >= 11 is 0. The van der Waals surface area contributed by atoms with Crippen LogP contribution in [-0.4, -0.2) is 29.9 Å². The SMILES string of the molecule is CCc1nc(C)[nH]c1Cc1[nH]c(C)nc1Cc1nc(C)[nH]c1C. The fourth-order valence-corrected chi connectivity index (χ4v) is 3.07. The molecule has 0 fully saturated rings. The third kappa shape index (κ3) is 3.21.